The van der Waals surface area contributed by atoms with Crippen molar-refractivity contribution < 1.29 is 0 Å². The Morgan fingerprint density at radius 1 is 1.25 bits per heavy atom. The predicted molar refractivity (Wildman–Crippen MR) is 103 cm³/mol. The van der Waals surface area contributed by atoms with Crippen LogP contribution in [0.4, 0.5) is 5.82 Å². The molecular formula is C16H14ClN5S2. The summed E-state index contributed by atoms with van der Waals surface area (Å²) >= 11 is 13.0. The minimum absolute atomic E-state index is 0.508. The van der Waals surface area contributed by atoms with E-state index < -0.39 is 0 Å². The van der Waals surface area contributed by atoms with E-state index in [4.69, 9.17) is 23.8 Å². The molecule has 3 N–H and O–H groups in total. The molecule has 2 aromatic heterocycles. The van der Waals surface area contributed by atoms with Gasteiger partial charge in [0.15, 0.2) is 10.9 Å². The van der Waals surface area contributed by atoms with Crippen LogP contribution in [0.25, 0.3) is 20.7 Å². The van der Waals surface area contributed by atoms with Crippen LogP contribution in [0.2, 0.25) is 5.02 Å². The van der Waals surface area contributed by atoms with Crippen LogP contribution in [0.3, 0.4) is 0 Å². The minimum atomic E-state index is 0.508. The van der Waals surface area contributed by atoms with E-state index in [9.17, 15) is 0 Å². The van der Waals surface area contributed by atoms with Gasteiger partial charge in [-0.1, -0.05) is 23.7 Å². The standard InChI is InChI=1S/C16H14ClN5S2/c17-10-3-1-2-9(6-10)13-7-12-14(24-13)15(19-8-18-12)21-22-16(23)20-11-4-5-11/h1-3,6-8,11H,4-5H2,(H,18,19,21)(H2,20,22,23). The molecule has 2 heterocycles. The van der Waals surface area contributed by atoms with Gasteiger partial charge in [0.2, 0.25) is 0 Å². The maximum atomic E-state index is 6.09. The first kappa shape index (κ1) is 15.6. The fourth-order valence-electron chi connectivity index (χ4n) is 2.29. The predicted octanol–water partition coefficient (Wildman–Crippen LogP) is 3.97. The molecule has 0 bridgehead atoms. The van der Waals surface area contributed by atoms with Gasteiger partial charge in [0.05, 0.1) is 10.2 Å². The molecule has 1 aliphatic carbocycles. The van der Waals surface area contributed by atoms with Crippen molar-refractivity contribution in [2.75, 3.05) is 5.43 Å². The van der Waals surface area contributed by atoms with E-state index in [-0.39, 0.29) is 0 Å². The Kier molecular flexibility index (Phi) is 4.22. The van der Waals surface area contributed by atoms with Gasteiger partial charge in [0, 0.05) is 15.9 Å². The summed E-state index contributed by atoms with van der Waals surface area (Å²) in [6.07, 6.45) is 3.89. The van der Waals surface area contributed by atoms with Crippen molar-refractivity contribution in [3.8, 4) is 10.4 Å². The van der Waals surface area contributed by atoms with Crippen molar-refractivity contribution in [2.24, 2.45) is 0 Å². The molecule has 8 heteroatoms. The quantitative estimate of drug-likeness (QED) is 0.474. The number of halogens is 1. The second kappa shape index (κ2) is 6.51. The van der Waals surface area contributed by atoms with Gasteiger partial charge in [-0.15, -0.1) is 11.3 Å². The van der Waals surface area contributed by atoms with Crippen molar-refractivity contribution in [1.82, 2.24) is 20.7 Å². The molecule has 1 aliphatic rings. The number of fused-ring (bicyclic) bond motifs is 1. The highest BCUT2D eigenvalue weighted by atomic mass is 35.5. The van der Waals surface area contributed by atoms with Crippen molar-refractivity contribution in [1.29, 1.82) is 0 Å². The zero-order valence-electron chi connectivity index (χ0n) is 12.5. The molecule has 3 aromatic rings. The van der Waals surface area contributed by atoms with Gasteiger partial charge in [-0.05, 0) is 48.8 Å². The van der Waals surface area contributed by atoms with Crippen LogP contribution in [-0.4, -0.2) is 21.1 Å². The first-order valence-corrected chi connectivity index (χ1v) is 9.12. The smallest absolute Gasteiger partial charge is 0.185 e. The molecule has 4 rings (SSSR count). The number of anilines is 1. The van der Waals surface area contributed by atoms with E-state index in [1.165, 1.54) is 19.2 Å². The molecule has 0 radical (unpaired) electrons. The van der Waals surface area contributed by atoms with E-state index in [0.29, 0.717) is 22.0 Å². The molecule has 0 saturated heterocycles. The Bertz CT molecular complexity index is 906. The summed E-state index contributed by atoms with van der Waals surface area (Å²) in [5.41, 5.74) is 8.01. The van der Waals surface area contributed by atoms with Gasteiger partial charge in [-0.3, -0.25) is 10.9 Å². The molecule has 0 unspecified atom stereocenters. The molecule has 1 fully saturated rings. The van der Waals surface area contributed by atoms with Crippen molar-refractivity contribution in [3.05, 3.63) is 41.7 Å². The number of hydrazine groups is 1. The highest BCUT2D eigenvalue weighted by Crippen LogP contribution is 2.36. The molecule has 0 atom stereocenters. The van der Waals surface area contributed by atoms with E-state index in [1.807, 2.05) is 30.3 Å². The second-order valence-corrected chi connectivity index (χ2v) is 7.45. The fraction of sp³-hybridized carbons (Fsp3) is 0.188. The molecule has 0 aliphatic heterocycles. The molecule has 24 heavy (non-hydrogen) atoms. The van der Waals surface area contributed by atoms with Gasteiger partial charge in [-0.25, -0.2) is 9.97 Å². The van der Waals surface area contributed by atoms with Crippen molar-refractivity contribution in [2.45, 2.75) is 18.9 Å². The van der Waals surface area contributed by atoms with Crippen LogP contribution in [0.5, 0.6) is 0 Å². The zero-order valence-corrected chi connectivity index (χ0v) is 14.9. The topological polar surface area (TPSA) is 61.9 Å². The number of nitrogens with one attached hydrogen (secondary N) is 3. The normalized spacial score (nSPS) is 13.7. The van der Waals surface area contributed by atoms with Crippen LogP contribution in [0.15, 0.2) is 36.7 Å². The first-order valence-electron chi connectivity index (χ1n) is 7.52. The van der Waals surface area contributed by atoms with E-state index in [0.717, 1.165) is 20.7 Å². The summed E-state index contributed by atoms with van der Waals surface area (Å²) in [5.74, 6) is 0.707. The maximum Gasteiger partial charge on any atom is 0.185 e. The zero-order chi connectivity index (χ0) is 16.5. The molecule has 0 amide bonds. The Labute approximate surface area is 153 Å². The fourth-order valence-corrected chi connectivity index (χ4v) is 3.75. The van der Waals surface area contributed by atoms with Gasteiger partial charge >= 0.3 is 0 Å². The van der Waals surface area contributed by atoms with E-state index >= 15 is 0 Å². The third-order valence-electron chi connectivity index (χ3n) is 3.63. The number of hydrogen-bond acceptors (Lipinski definition) is 5. The van der Waals surface area contributed by atoms with Gasteiger partial charge in [-0.2, -0.15) is 0 Å². The number of thiophene rings is 1. The largest absolute Gasteiger partial charge is 0.359 e. The molecule has 5 nitrogen and oxygen atoms in total. The molecule has 0 spiro atoms. The lowest BCUT2D eigenvalue weighted by Gasteiger charge is -2.11. The van der Waals surface area contributed by atoms with Crippen molar-refractivity contribution >= 4 is 56.3 Å². The average molecular weight is 376 g/mol. The Balaban J connectivity index is 1.58. The van der Waals surface area contributed by atoms with Crippen LogP contribution in [0, 0.1) is 0 Å². The van der Waals surface area contributed by atoms with Gasteiger partial charge in [0.25, 0.3) is 0 Å². The Hall–Kier alpha value is -1.96. The van der Waals surface area contributed by atoms with Crippen LogP contribution in [-0.2, 0) is 0 Å². The van der Waals surface area contributed by atoms with E-state index in [2.05, 4.69) is 26.1 Å². The Morgan fingerprint density at radius 3 is 2.92 bits per heavy atom. The third kappa shape index (κ3) is 3.43. The monoisotopic (exact) mass is 375 g/mol. The number of aromatic nitrogens is 2. The number of nitrogens with zero attached hydrogens (tertiary/aromatic N) is 2. The van der Waals surface area contributed by atoms with Crippen molar-refractivity contribution in [3.63, 3.8) is 0 Å². The molecule has 1 aromatic carbocycles. The molecule has 1 saturated carbocycles. The van der Waals surface area contributed by atoms with Crippen LogP contribution >= 0.6 is 35.2 Å². The lowest BCUT2D eigenvalue weighted by atomic mass is 10.2. The number of thiocarbonyl (C=S) groups is 1. The summed E-state index contributed by atoms with van der Waals surface area (Å²) in [5, 5.41) is 4.51. The SMILES string of the molecule is S=C(NNc1ncnc2cc(-c3cccc(Cl)c3)sc12)NC1CC1. The highest BCUT2D eigenvalue weighted by molar-refractivity contribution is 7.80. The number of hydrogen-bond donors (Lipinski definition) is 3. The first-order chi connectivity index (χ1) is 11.7. The number of benzene rings is 1. The van der Waals surface area contributed by atoms with Crippen LogP contribution in [0.1, 0.15) is 12.8 Å². The minimum Gasteiger partial charge on any atom is -0.359 e. The summed E-state index contributed by atoms with van der Waals surface area (Å²) in [6, 6.07) is 10.3. The van der Waals surface area contributed by atoms with E-state index in [1.54, 1.807) is 11.3 Å². The Morgan fingerprint density at radius 2 is 2.12 bits per heavy atom. The summed E-state index contributed by atoms with van der Waals surface area (Å²) in [4.78, 5) is 9.75. The molecular weight excluding hydrogens is 362 g/mol. The lowest BCUT2D eigenvalue weighted by Crippen LogP contribution is -2.40. The highest BCUT2D eigenvalue weighted by Gasteiger charge is 2.21. The summed E-state index contributed by atoms with van der Waals surface area (Å²) in [6.45, 7) is 0. The second-order valence-electron chi connectivity index (χ2n) is 5.56. The van der Waals surface area contributed by atoms with Gasteiger partial charge in [0.1, 0.15) is 6.33 Å². The number of rotatable bonds is 4. The molecule has 122 valence electrons. The maximum absolute atomic E-state index is 6.09. The van der Waals surface area contributed by atoms with Crippen LogP contribution < -0.4 is 16.2 Å². The van der Waals surface area contributed by atoms with Gasteiger partial charge < -0.3 is 5.32 Å². The lowest BCUT2D eigenvalue weighted by molar-refractivity contribution is 0.878. The summed E-state index contributed by atoms with van der Waals surface area (Å²) in [7, 11) is 0. The average Bonchev–Trinajstić information content (AvgIpc) is 3.27. The summed E-state index contributed by atoms with van der Waals surface area (Å²) < 4.78 is 0.967. The third-order valence-corrected chi connectivity index (χ3v) is 5.26.